The SMILES string of the molecule is CC(C)(C)c1cc(NC(=S)Nc2ccc(Cl)cc2)on1. The summed E-state index contributed by atoms with van der Waals surface area (Å²) in [5.41, 5.74) is 1.66. The average molecular weight is 310 g/mol. The fourth-order valence-corrected chi connectivity index (χ4v) is 1.84. The van der Waals surface area contributed by atoms with Crippen molar-refractivity contribution in [3.8, 4) is 0 Å². The Kier molecular flexibility index (Phi) is 4.30. The van der Waals surface area contributed by atoms with E-state index in [4.69, 9.17) is 28.3 Å². The zero-order valence-corrected chi connectivity index (χ0v) is 13.1. The second-order valence-electron chi connectivity index (χ2n) is 5.41. The van der Waals surface area contributed by atoms with Gasteiger partial charge in [0.1, 0.15) is 0 Å². The molecule has 0 amide bonds. The average Bonchev–Trinajstić information content (AvgIpc) is 2.80. The first-order valence-electron chi connectivity index (χ1n) is 6.15. The Hall–Kier alpha value is -1.59. The van der Waals surface area contributed by atoms with E-state index >= 15 is 0 Å². The van der Waals surface area contributed by atoms with Gasteiger partial charge in [0.15, 0.2) is 5.11 Å². The van der Waals surface area contributed by atoms with E-state index in [0.29, 0.717) is 16.0 Å². The van der Waals surface area contributed by atoms with Crippen LogP contribution in [0.1, 0.15) is 26.5 Å². The number of thiocarbonyl (C=S) groups is 1. The Morgan fingerprint density at radius 2 is 1.85 bits per heavy atom. The summed E-state index contributed by atoms with van der Waals surface area (Å²) < 4.78 is 5.21. The third-order valence-corrected chi connectivity index (χ3v) is 3.07. The number of benzene rings is 1. The van der Waals surface area contributed by atoms with Crippen molar-refractivity contribution in [1.29, 1.82) is 0 Å². The predicted molar refractivity (Wildman–Crippen MR) is 86.5 cm³/mol. The van der Waals surface area contributed by atoms with Crippen LogP contribution >= 0.6 is 23.8 Å². The molecule has 2 aromatic rings. The van der Waals surface area contributed by atoms with Gasteiger partial charge in [0.05, 0.1) is 5.69 Å². The van der Waals surface area contributed by atoms with E-state index in [2.05, 4.69) is 36.6 Å². The monoisotopic (exact) mass is 309 g/mol. The van der Waals surface area contributed by atoms with Gasteiger partial charge in [-0.15, -0.1) is 0 Å². The van der Waals surface area contributed by atoms with Crippen molar-refractivity contribution in [3.05, 3.63) is 41.0 Å². The van der Waals surface area contributed by atoms with Crippen LogP contribution in [0.15, 0.2) is 34.9 Å². The van der Waals surface area contributed by atoms with Crippen molar-refractivity contribution < 1.29 is 4.52 Å². The van der Waals surface area contributed by atoms with Gasteiger partial charge < -0.3 is 15.2 Å². The molecule has 0 fully saturated rings. The summed E-state index contributed by atoms with van der Waals surface area (Å²) in [6.07, 6.45) is 0. The van der Waals surface area contributed by atoms with Crippen LogP contribution in [0.2, 0.25) is 5.02 Å². The van der Waals surface area contributed by atoms with Crippen molar-refractivity contribution in [1.82, 2.24) is 5.16 Å². The third kappa shape index (κ3) is 3.95. The van der Waals surface area contributed by atoms with Gasteiger partial charge in [0, 0.05) is 22.2 Å². The highest BCUT2D eigenvalue weighted by atomic mass is 35.5. The lowest BCUT2D eigenvalue weighted by Crippen LogP contribution is -2.18. The summed E-state index contributed by atoms with van der Waals surface area (Å²) in [5, 5.41) is 11.1. The molecule has 0 aliphatic carbocycles. The second kappa shape index (κ2) is 5.81. The van der Waals surface area contributed by atoms with E-state index in [0.717, 1.165) is 11.4 Å². The van der Waals surface area contributed by atoms with Crippen molar-refractivity contribution in [3.63, 3.8) is 0 Å². The lowest BCUT2D eigenvalue weighted by molar-refractivity contribution is 0.405. The first kappa shape index (κ1) is 14.8. The lowest BCUT2D eigenvalue weighted by atomic mass is 9.92. The molecule has 0 saturated carbocycles. The van der Waals surface area contributed by atoms with E-state index < -0.39 is 0 Å². The highest BCUT2D eigenvalue weighted by molar-refractivity contribution is 7.80. The highest BCUT2D eigenvalue weighted by Gasteiger charge is 2.19. The van der Waals surface area contributed by atoms with E-state index in [9.17, 15) is 0 Å². The predicted octanol–water partition coefficient (Wildman–Crippen LogP) is 4.43. The van der Waals surface area contributed by atoms with Gasteiger partial charge in [-0.3, -0.25) is 0 Å². The fourth-order valence-electron chi connectivity index (χ4n) is 1.50. The molecular formula is C14H16ClN3OS. The topological polar surface area (TPSA) is 50.1 Å². The minimum Gasteiger partial charge on any atom is -0.338 e. The van der Waals surface area contributed by atoms with Crippen molar-refractivity contribution in [2.75, 3.05) is 10.6 Å². The van der Waals surface area contributed by atoms with Gasteiger partial charge in [-0.1, -0.05) is 37.5 Å². The number of nitrogens with zero attached hydrogens (tertiary/aromatic N) is 1. The molecule has 2 rings (SSSR count). The van der Waals surface area contributed by atoms with Gasteiger partial charge in [-0.25, -0.2) is 0 Å². The summed E-state index contributed by atoms with van der Waals surface area (Å²) in [5.74, 6) is 0.515. The minimum absolute atomic E-state index is 0.0609. The first-order valence-corrected chi connectivity index (χ1v) is 6.94. The molecule has 0 radical (unpaired) electrons. The van der Waals surface area contributed by atoms with Crippen LogP contribution < -0.4 is 10.6 Å². The van der Waals surface area contributed by atoms with Crippen molar-refractivity contribution in [2.24, 2.45) is 0 Å². The summed E-state index contributed by atoms with van der Waals surface area (Å²) in [7, 11) is 0. The standard InChI is InChI=1S/C14H16ClN3OS/c1-14(2,3)11-8-12(19-18-11)17-13(20)16-10-6-4-9(15)5-7-10/h4-8H,1-3H3,(H2,16,17,20). The lowest BCUT2D eigenvalue weighted by Gasteiger charge is -2.12. The number of anilines is 2. The van der Waals surface area contributed by atoms with Gasteiger partial charge in [0.25, 0.3) is 0 Å². The van der Waals surface area contributed by atoms with Gasteiger partial charge in [0.2, 0.25) is 5.88 Å². The summed E-state index contributed by atoms with van der Waals surface area (Å²) >= 11 is 11.0. The quantitative estimate of drug-likeness (QED) is 0.803. The van der Waals surface area contributed by atoms with Crippen molar-refractivity contribution >= 4 is 40.5 Å². The zero-order chi connectivity index (χ0) is 14.8. The van der Waals surface area contributed by atoms with Crippen LogP contribution in [0.25, 0.3) is 0 Å². The molecule has 1 heterocycles. The molecule has 0 bridgehead atoms. The number of hydrogen-bond donors (Lipinski definition) is 2. The molecule has 0 saturated heterocycles. The molecule has 1 aromatic carbocycles. The second-order valence-corrected chi connectivity index (χ2v) is 6.26. The third-order valence-electron chi connectivity index (χ3n) is 2.62. The van der Waals surface area contributed by atoms with Crippen LogP contribution in [0.3, 0.4) is 0 Å². The van der Waals surface area contributed by atoms with Gasteiger partial charge in [-0.2, -0.15) is 0 Å². The van der Waals surface area contributed by atoms with Gasteiger partial charge >= 0.3 is 0 Å². The van der Waals surface area contributed by atoms with Crippen LogP contribution in [-0.2, 0) is 5.41 Å². The maximum atomic E-state index is 5.82. The number of hydrogen-bond acceptors (Lipinski definition) is 3. The molecule has 0 spiro atoms. The zero-order valence-electron chi connectivity index (χ0n) is 11.5. The molecule has 0 atom stereocenters. The Bertz CT molecular complexity index is 602. The van der Waals surface area contributed by atoms with Crippen molar-refractivity contribution in [2.45, 2.75) is 26.2 Å². The molecule has 106 valence electrons. The Morgan fingerprint density at radius 1 is 1.20 bits per heavy atom. The van der Waals surface area contributed by atoms with Crippen LogP contribution in [0, 0.1) is 0 Å². The Labute approximate surface area is 128 Å². The number of rotatable bonds is 2. The van der Waals surface area contributed by atoms with E-state index in [1.807, 2.05) is 18.2 Å². The summed E-state index contributed by atoms with van der Waals surface area (Å²) in [6, 6.07) is 9.11. The van der Waals surface area contributed by atoms with Crippen LogP contribution in [-0.4, -0.2) is 10.3 Å². The Balaban J connectivity index is 1.98. The first-order chi connectivity index (χ1) is 9.34. The van der Waals surface area contributed by atoms with Gasteiger partial charge in [-0.05, 0) is 36.5 Å². The smallest absolute Gasteiger partial charge is 0.231 e. The molecule has 0 aliphatic heterocycles. The molecule has 6 heteroatoms. The largest absolute Gasteiger partial charge is 0.338 e. The van der Waals surface area contributed by atoms with E-state index in [-0.39, 0.29) is 5.41 Å². The van der Waals surface area contributed by atoms with Crippen LogP contribution in [0.5, 0.6) is 0 Å². The van der Waals surface area contributed by atoms with Crippen LogP contribution in [0.4, 0.5) is 11.6 Å². The number of nitrogens with one attached hydrogen (secondary N) is 2. The minimum atomic E-state index is -0.0609. The fraction of sp³-hybridized carbons (Fsp3) is 0.286. The molecule has 20 heavy (non-hydrogen) atoms. The molecule has 2 N–H and O–H groups in total. The summed E-state index contributed by atoms with van der Waals surface area (Å²) in [4.78, 5) is 0. The molecule has 0 unspecified atom stereocenters. The number of halogens is 1. The van der Waals surface area contributed by atoms with E-state index in [1.54, 1.807) is 12.1 Å². The highest BCUT2D eigenvalue weighted by Crippen LogP contribution is 2.23. The van der Waals surface area contributed by atoms with E-state index in [1.165, 1.54) is 0 Å². The summed E-state index contributed by atoms with van der Waals surface area (Å²) in [6.45, 7) is 6.21. The Morgan fingerprint density at radius 3 is 2.40 bits per heavy atom. The number of aromatic nitrogens is 1. The molecule has 4 nitrogen and oxygen atoms in total. The normalized spacial score (nSPS) is 11.2. The molecule has 0 aliphatic rings. The molecule has 1 aromatic heterocycles. The molecular weight excluding hydrogens is 294 g/mol. The maximum Gasteiger partial charge on any atom is 0.231 e. The maximum absolute atomic E-state index is 5.82.